The summed E-state index contributed by atoms with van der Waals surface area (Å²) >= 11 is 8.89. The number of nitrogens with zero attached hydrogens (tertiary/aromatic N) is 1. The smallest absolute Gasteiger partial charge is 0.150 e. The molecule has 1 aromatic rings. The summed E-state index contributed by atoms with van der Waals surface area (Å²) in [5.74, 6) is 1.41. The van der Waals surface area contributed by atoms with Gasteiger partial charge in [0.05, 0.1) is 0 Å². The summed E-state index contributed by atoms with van der Waals surface area (Å²) < 4.78 is 1.08. The molecule has 1 nitrogen and oxygen atoms in total. The maximum atomic E-state index is 5.56. The molecule has 1 rings (SSSR count). The van der Waals surface area contributed by atoms with Crippen LogP contribution in [0.2, 0.25) is 0 Å². The van der Waals surface area contributed by atoms with E-state index in [2.05, 4.69) is 11.6 Å². The lowest BCUT2D eigenvalue weighted by molar-refractivity contribution is 1.25. The molecule has 0 aromatic carbocycles. The SMILES string of the molecule is C=C(CCl)CSc1nccs1. The quantitative estimate of drug-likeness (QED) is 0.426. The van der Waals surface area contributed by atoms with Crippen LogP contribution in [0.15, 0.2) is 28.1 Å². The minimum atomic E-state index is 0.540. The normalized spacial score (nSPS) is 9.91. The minimum absolute atomic E-state index is 0.540. The monoisotopic (exact) mass is 205 g/mol. The van der Waals surface area contributed by atoms with Crippen LogP contribution in [0.3, 0.4) is 0 Å². The lowest BCUT2D eigenvalue weighted by Gasteiger charge is -1.96. The van der Waals surface area contributed by atoms with E-state index in [1.807, 2.05) is 5.38 Å². The van der Waals surface area contributed by atoms with Crippen LogP contribution in [0.4, 0.5) is 0 Å². The Kier molecular flexibility index (Phi) is 3.97. The molecule has 0 N–H and O–H groups in total. The van der Waals surface area contributed by atoms with E-state index in [1.54, 1.807) is 29.3 Å². The maximum Gasteiger partial charge on any atom is 0.150 e. The molecule has 4 heteroatoms. The third kappa shape index (κ3) is 3.27. The first-order valence-corrected chi connectivity index (χ1v) is 5.48. The number of halogens is 1. The molecule has 11 heavy (non-hydrogen) atoms. The Morgan fingerprint density at radius 3 is 3.18 bits per heavy atom. The molecule has 60 valence electrons. The molecular weight excluding hydrogens is 198 g/mol. The Balaban J connectivity index is 2.29. The van der Waals surface area contributed by atoms with Crippen LogP contribution in [0, 0.1) is 0 Å². The number of alkyl halides is 1. The molecule has 0 atom stereocenters. The predicted molar refractivity (Wildman–Crippen MR) is 52.7 cm³/mol. The number of aromatic nitrogens is 1. The minimum Gasteiger partial charge on any atom is -0.238 e. The van der Waals surface area contributed by atoms with Crippen LogP contribution in [-0.2, 0) is 0 Å². The number of thioether (sulfide) groups is 1. The van der Waals surface area contributed by atoms with Gasteiger partial charge in [-0.25, -0.2) is 4.98 Å². The highest BCUT2D eigenvalue weighted by Gasteiger charge is 1.97. The Morgan fingerprint density at radius 2 is 2.64 bits per heavy atom. The van der Waals surface area contributed by atoms with Crippen molar-refractivity contribution in [2.75, 3.05) is 11.6 Å². The van der Waals surface area contributed by atoms with Gasteiger partial charge in [0, 0.05) is 23.2 Å². The van der Waals surface area contributed by atoms with Gasteiger partial charge in [-0.2, -0.15) is 0 Å². The van der Waals surface area contributed by atoms with Crippen molar-refractivity contribution < 1.29 is 0 Å². The molecule has 0 aliphatic rings. The van der Waals surface area contributed by atoms with E-state index in [9.17, 15) is 0 Å². The zero-order chi connectivity index (χ0) is 8.10. The van der Waals surface area contributed by atoms with Crippen LogP contribution >= 0.6 is 34.7 Å². The summed E-state index contributed by atoms with van der Waals surface area (Å²) in [6.07, 6.45) is 1.80. The Morgan fingerprint density at radius 1 is 1.82 bits per heavy atom. The molecule has 0 fully saturated rings. The summed E-state index contributed by atoms with van der Waals surface area (Å²) in [5, 5.41) is 1.96. The average Bonchev–Trinajstić information content (AvgIpc) is 2.52. The van der Waals surface area contributed by atoms with Crippen molar-refractivity contribution in [3.05, 3.63) is 23.7 Å². The molecule has 1 heterocycles. The van der Waals surface area contributed by atoms with E-state index in [0.29, 0.717) is 5.88 Å². The summed E-state index contributed by atoms with van der Waals surface area (Å²) in [7, 11) is 0. The maximum absolute atomic E-state index is 5.56. The second-order valence-corrected chi connectivity index (χ2v) is 4.35. The number of hydrogen-bond acceptors (Lipinski definition) is 3. The lowest BCUT2D eigenvalue weighted by Crippen LogP contribution is -1.85. The molecule has 0 bridgehead atoms. The van der Waals surface area contributed by atoms with Gasteiger partial charge in [0.15, 0.2) is 0 Å². The van der Waals surface area contributed by atoms with Crippen molar-refractivity contribution in [3.8, 4) is 0 Å². The second kappa shape index (κ2) is 4.80. The Bertz CT molecular complexity index is 220. The Labute approximate surface area is 79.5 Å². The molecule has 0 aliphatic heterocycles. The van der Waals surface area contributed by atoms with E-state index >= 15 is 0 Å². The zero-order valence-electron chi connectivity index (χ0n) is 5.92. The number of hydrogen-bond donors (Lipinski definition) is 0. The first-order valence-electron chi connectivity index (χ1n) is 3.08. The lowest BCUT2D eigenvalue weighted by atomic mass is 10.4. The summed E-state index contributed by atoms with van der Waals surface area (Å²) in [5.41, 5.74) is 1.05. The fraction of sp³-hybridized carbons (Fsp3) is 0.286. The molecule has 0 saturated carbocycles. The van der Waals surface area contributed by atoms with Crippen LogP contribution in [0.25, 0.3) is 0 Å². The zero-order valence-corrected chi connectivity index (χ0v) is 8.31. The van der Waals surface area contributed by atoms with Gasteiger partial charge in [0.1, 0.15) is 4.34 Å². The van der Waals surface area contributed by atoms with Crippen molar-refractivity contribution in [3.63, 3.8) is 0 Å². The van der Waals surface area contributed by atoms with Gasteiger partial charge >= 0.3 is 0 Å². The first kappa shape index (κ1) is 9.10. The van der Waals surface area contributed by atoms with Crippen molar-refractivity contribution in [1.82, 2.24) is 4.98 Å². The summed E-state index contributed by atoms with van der Waals surface area (Å²) in [4.78, 5) is 4.12. The molecule has 0 aliphatic carbocycles. The van der Waals surface area contributed by atoms with E-state index in [4.69, 9.17) is 11.6 Å². The van der Waals surface area contributed by atoms with Gasteiger partial charge in [-0.15, -0.1) is 22.9 Å². The fourth-order valence-corrected chi connectivity index (χ4v) is 2.23. The van der Waals surface area contributed by atoms with Gasteiger partial charge in [-0.3, -0.25) is 0 Å². The van der Waals surface area contributed by atoms with Crippen LogP contribution in [-0.4, -0.2) is 16.6 Å². The van der Waals surface area contributed by atoms with E-state index in [0.717, 1.165) is 15.7 Å². The molecule has 0 amide bonds. The Hall–Kier alpha value is 0.01000. The number of thiazole rings is 1. The standard InChI is InChI=1S/C7H8ClNS2/c1-6(4-8)5-11-7-9-2-3-10-7/h2-3H,1,4-5H2. The van der Waals surface area contributed by atoms with Crippen LogP contribution in [0.5, 0.6) is 0 Å². The highest BCUT2D eigenvalue weighted by Crippen LogP contribution is 2.21. The highest BCUT2D eigenvalue weighted by atomic mass is 35.5. The van der Waals surface area contributed by atoms with E-state index in [1.165, 1.54) is 0 Å². The molecule has 0 radical (unpaired) electrons. The third-order valence-electron chi connectivity index (χ3n) is 0.998. The van der Waals surface area contributed by atoms with Crippen molar-refractivity contribution in [2.45, 2.75) is 4.34 Å². The molecule has 0 unspecified atom stereocenters. The van der Waals surface area contributed by atoms with Gasteiger partial charge < -0.3 is 0 Å². The second-order valence-electron chi connectivity index (χ2n) is 1.97. The van der Waals surface area contributed by atoms with E-state index < -0.39 is 0 Å². The first-order chi connectivity index (χ1) is 5.33. The van der Waals surface area contributed by atoms with Gasteiger partial charge in [0.25, 0.3) is 0 Å². The molecular formula is C7H8ClNS2. The molecule has 0 spiro atoms. The largest absolute Gasteiger partial charge is 0.238 e. The van der Waals surface area contributed by atoms with Crippen molar-refractivity contribution in [2.24, 2.45) is 0 Å². The summed E-state index contributed by atoms with van der Waals surface area (Å²) in [6, 6.07) is 0. The van der Waals surface area contributed by atoms with Gasteiger partial charge in [-0.05, 0) is 0 Å². The van der Waals surface area contributed by atoms with E-state index in [-0.39, 0.29) is 0 Å². The number of rotatable bonds is 4. The summed E-state index contributed by atoms with van der Waals surface area (Å²) in [6.45, 7) is 3.80. The third-order valence-corrected chi connectivity index (χ3v) is 3.49. The van der Waals surface area contributed by atoms with Gasteiger partial charge in [0.2, 0.25) is 0 Å². The van der Waals surface area contributed by atoms with Crippen molar-refractivity contribution >= 4 is 34.7 Å². The molecule has 0 saturated heterocycles. The molecule has 1 aromatic heterocycles. The average molecular weight is 206 g/mol. The van der Waals surface area contributed by atoms with Gasteiger partial charge in [-0.1, -0.05) is 23.9 Å². The predicted octanol–water partition coefficient (Wildman–Crippen LogP) is 3.03. The highest BCUT2D eigenvalue weighted by molar-refractivity contribution is 8.01. The van der Waals surface area contributed by atoms with Crippen molar-refractivity contribution in [1.29, 1.82) is 0 Å². The topological polar surface area (TPSA) is 12.9 Å². The fourth-order valence-electron chi connectivity index (χ4n) is 0.484. The van der Waals surface area contributed by atoms with Crippen LogP contribution in [0.1, 0.15) is 0 Å². The van der Waals surface area contributed by atoms with Crippen LogP contribution < -0.4 is 0 Å².